The van der Waals surface area contributed by atoms with Crippen LogP contribution < -0.4 is 5.32 Å². The van der Waals surface area contributed by atoms with Gasteiger partial charge in [0.05, 0.1) is 17.8 Å². The first-order chi connectivity index (χ1) is 13.0. The number of hydrogen-bond acceptors (Lipinski definition) is 5. The van der Waals surface area contributed by atoms with Crippen molar-refractivity contribution in [1.82, 2.24) is 19.9 Å². The number of carboxylic acids is 1. The Morgan fingerprint density at radius 3 is 2.93 bits per heavy atom. The molecule has 1 aromatic carbocycles. The second-order valence-corrected chi connectivity index (χ2v) is 5.98. The predicted octanol–water partition coefficient (Wildman–Crippen LogP) is 2.90. The highest BCUT2D eigenvalue weighted by Crippen LogP contribution is 2.33. The summed E-state index contributed by atoms with van der Waals surface area (Å²) >= 11 is 6.18. The van der Waals surface area contributed by atoms with Crippen molar-refractivity contribution < 1.29 is 23.5 Å². The molecule has 0 atom stereocenters. The number of carbonyl (C=O) groups is 2. The molecule has 4 aromatic rings. The van der Waals surface area contributed by atoms with Crippen molar-refractivity contribution in [3.63, 3.8) is 0 Å². The third-order valence-electron chi connectivity index (χ3n) is 3.92. The fourth-order valence-corrected chi connectivity index (χ4v) is 2.95. The van der Waals surface area contributed by atoms with Gasteiger partial charge < -0.3 is 14.8 Å². The number of amides is 1. The van der Waals surface area contributed by atoms with Gasteiger partial charge in [-0.05, 0) is 18.2 Å². The summed E-state index contributed by atoms with van der Waals surface area (Å²) in [5.74, 6) is -2.46. The van der Waals surface area contributed by atoms with Gasteiger partial charge >= 0.3 is 5.97 Å². The number of benzene rings is 1. The first-order valence-electron chi connectivity index (χ1n) is 7.66. The lowest BCUT2D eigenvalue weighted by Gasteiger charge is -2.02. The Bertz CT molecular complexity index is 1220. The molecule has 0 spiro atoms. The van der Waals surface area contributed by atoms with E-state index in [1.807, 2.05) is 0 Å². The van der Waals surface area contributed by atoms with Crippen molar-refractivity contribution in [2.45, 2.75) is 6.54 Å². The smallest absolute Gasteiger partial charge is 0.339 e. The molecular weight excluding hydrogens is 379 g/mol. The molecule has 0 fully saturated rings. The number of nitrogens with zero attached hydrogens (tertiary/aromatic N) is 3. The van der Waals surface area contributed by atoms with Crippen molar-refractivity contribution in [2.75, 3.05) is 0 Å². The van der Waals surface area contributed by atoms with Gasteiger partial charge in [-0.15, -0.1) is 0 Å². The second-order valence-electron chi connectivity index (χ2n) is 5.60. The lowest BCUT2D eigenvalue weighted by Crippen LogP contribution is -2.22. The number of fused-ring (bicyclic) bond motifs is 2. The summed E-state index contributed by atoms with van der Waals surface area (Å²) in [7, 11) is 0. The minimum atomic E-state index is -1.35. The van der Waals surface area contributed by atoms with Crippen LogP contribution in [0.15, 0.2) is 41.2 Å². The Labute approximate surface area is 155 Å². The molecule has 27 heavy (non-hydrogen) atoms. The fourth-order valence-electron chi connectivity index (χ4n) is 2.70. The van der Waals surface area contributed by atoms with Gasteiger partial charge in [0.2, 0.25) is 0 Å². The summed E-state index contributed by atoms with van der Waals surface area (Å²) in [6.45, 7) is -0.128. The molecule has 3 aromatic heterocycles. The van der Waals surface area contributed by atoms with Gasteiger partial charge in [-0.1, -0.05) is 11.6 Å². The van der Waals surface area contributed by atoms with Crippen LogP contribution in [-0.4, -0.2) is 31.6 Å². The van der Waals surface area contributed by atoms with Crippen LogP contribution in [0.2, 0.25) is 5.02 Å². The van der Waals surface area contributed by atoms with Gasteiger partial charge in [0.15, 0.2) is 11.2 Å². The van der Waals surface area contributed by atoms with Crippen molar-refractivity contribution in [3.8, 4) is 0 Å². The average molecular weight is 389 g/mol. The van der Waals surface area contributed by atoms with Gasteiger partial charge in [-0.2, -0.15) is 5.10 Å². The van der Waals surface area contributed by atoms with E-state index < -0.39 is 17.7 Å². The Kier molecular flexibility index (Phi) is 4.00. The Morgan fingerprint density at radius 2 is 2.15 bits per heavy atom. The van der Waals surface area contributed by atoms with Crippen molar-refractivity contribution in [2.24, 2.45) is 0 Å². The maximum absolute atomic E-state index is 13.6. The third-order valence-corrected chi connectivity index (χ3v) is 4.34. The number of carboxylic acid groups (broad SMARTS) is 1. The van der Waals surface area contributed by atoms with E-state index in [4.69, 9.17) is 16.0 Å². The van der Waals surface area contributed by atoms with Crippen molar-refractivity contribution in [1.29, 1.82) is 0 Å². The Morgan fingerprint density at radius 1 is 1.33 bits per heavy atom. The minimum Gasteiger partial charge on any atom is -0.478 e. The largest absolute Gasteiger partial charge is 0.478 e. The number of halogens is 2. The Hall–Kier alpha value is -3.46. The number of rotatable bonds is 4. The number of nitrogens with one attached hydrogen (secondary N) is 1. The topological polar surface area (TPSA) is 110 Å². The van der Waals surface area contributed by atoms with E-state index in [0.29, 0.717) is 5.65 Å². The monoisotopic (exact) mass is 388 g/mol. The van der Waals surface area contributed by atoms with E-state index in [-0.39, 0.29) is 39.4 Å². The molecular formula is C17H10ClFN4O4. The van der Waals surface area contributed by atoms with E-state index >= 15 is 0 Å². The maximum Gasteiger partial charge on any atom is 0.339 e. The zero-order valence-corrected chi connectivity index (χ0v) is 14.2. The van der Waals surface area contributed by atoms with E-state index in [9.17, 15) is 19.1 Å². The van der Waals surface area contributed by atoms with Crippen molar-refractivity contribution in [3.05, 3.63) is 64.5 Å². The summed E-state index contributed by atoms with van der Waals surface area (Å²) in [5, 5.41) is 16.0. The van der Waals surface area contributed by atoms with E-state index in [1.165, 1.54) is 16.9 Å². The number of carbonyl (C=O) groups excluding carboxylic acids is 1. The van der Waals surface area contributed by atoms with Gasteiger partial charge in [0.1, 0.15) is 22.7 Å². The SMILES string of the molecule is O=C(O)c1cc(F)cc2c(Cl)c(CNC(=O)c3cnn4cccnc34)oc12. The first-order valence-corrected chi connectivity index (χ1v) is 8.03. The minimum absolute atomic E-state index is 0.0327. The van der Waals surface area contributed by atoms with Crippen LogP contribution in [0, 0.1) is 5.82 Å². The molecule has 0 bridgehead atoms. The molecule has 4 rings (SSSR count). The highest BCUT2D eigenvalue weighted by atomic mass is 35.5. The van der Waals surface area contributed by atoms with Crippen LogP contribution in [0.4, 0.5) is 4.39 Å². The van der Waals surface area contributed by atoms with Crippen LogP contribution in [0.25, 0.3) is 16.6 Å². The highest BCUT2D eigenvalue weighted by molar-refractivity contribution is 6.36. The Balaban J connectivity index is 1.64. The van der Waals surface area contributed by atoms with Crippen LogP contribution in [0.5, 0.6) is 0 Å². The fraction of sp³-hybridized carbons (Fsp3) is 0.0588. The number of aromatic nitrogens is 3. The second kappa shape index (κ2) is 6.36. The molecule has 1 amide bonds. The maximum atomic E-state index is 13.6. The third kappa shape index (κ3) is 2.87. The quantitative estimate of drug-likeness (QED) is 0.556. The molecule has 2 N–H and O–H groups in total. The summed E-state index contributed by atoms with van der Waals surface area (Å²) in [4.78, 5) is 27.8. The predicted molar refractivity (Wildman–Crippen MR) is 92.3 cm³/mol. The normalized spacial score (nSPS) is 11.2. The molecule has 0 unspecified atom stereocenters. The van der Waals surface area contributed by atoms with Gasteiger partial charge in [0.25, 0.3) is 5.91 Å². The van der Waals surface area contributed by atoms with Crippen LogP contribution in [0.1, 0.15) is 26.5 Å². The average Bonchev–Trinajstić information content (AvgIpc) is 3.21. The summed E-state index contributed by atoms with van der Waals surface area (Å²) in [6, 6.07) is 3.60. The molecule has 0 aliphatic rings. The molecule has 10 heteroatoms. The van der Waals surface area contributed by atoms with Crippen LogP contribution >= 0.6 is 11.6 Å². The van der Waals surface area contributed by atoms with Gasteiger partial charge in [-0.25, -0.2) is 18.7 Å². The molecule has 8 nitrogen and oxygen atoms in total. The molecule has 136 valence electrons. The zero-order valence-electron chi connectivity index (χ0n) is 13.4. The zero-order chi connectivity index (χ0) is 19.1. The highest BCUT2D eigenvalue weighted by Gasteiger charge is 2.21. The summed E-state index contributed by atoms with van der Waals surface area (Å²) < 4.78 is 20.6. The van der Waals surface area contributed by atoms with Gasteiger partial charge in [0, 0.05) is 17.8 Å². The lowest BCUT2D eigenvalue weighted by molar-refractivity contribution is 0.0696. The molecule has 0 saturated heterocycles. The lowest BCUT2D eigenvalue weighted by atomic mass is 10.1. The summed E-state index contributed by atoms with van der Waals surface area (Å²) in [6.07, 6.45) is 4.55. The molecule has 3 heterocycles. The molecule has 0 saturated carbocycles. The molecule has 0 aliphatic heterocycles. The number of furan rings is 1. The molecule has 0 radical (unpaired) electrons. The first kappa shape index (κ1) is 17.0. The van der Waals surface area contributed by atoms with Gasteiger partial charge in [-0.3, -0.25) is 4.79 Å². The molecule has 0 aliphatic carbocycles. The van der Waals surface area contributed by atoms with Crippen LogP contribution in [0.3, 0.4) is 0 Å². The summed E-state index contributed by atoms with van der Waals surface area (Å²) in [5.41, 5.74) is 0.216. The van der Waals surface area contributed by atoms with E-state index in [1.54, 1.807) is 12.3 Å². The number of hydrogen-bond donors (Lipinski definition) is 2. The van der Waals surface area contributed by atoms with E-state index in [2.05, 4.69) is 15.4 Å². The van der Waals surface area contributed by atoms with Crippen LogP contribution in [-0.2, 0) is 6.54 Å². The number of aromatic carboxylic acids is 1. The standard InChI is InChI=1S/C17H10ClFN4O4/c18-13-9-4-8(19)5-10(17(25)26)14(9)27-12(13)7-21-16(24)11-6-22-23-3-1-2-20-15(11)23/h1-6H,7H2,(H,21,24)(H,25,26). The van der Waals surface area contributed by atoms with Crippen molar-refractivity contribution >= 4 is 40.1 Å². The van der Waals surface area contributed by atoms with E-state index in [0.717, 1.165) is 12.1 Å².